The van der Waals surface area contributed by atoms with Gasteiger partial charge in [-0.3, -0.25) is 4.98 Å². The van der Waals surface area contributed by atoms with Crippen molar-refractivity contribution < 1.29 is 9.52 Å². The van der Waals surface area contributed by atoms with Crippen molar-refractivity contribution in [2.45, 2.75) is 52.0 Å². The van der Waals surface area contributed by atoms with Gasteiger partial charge in [-0.1, -0.05) is 62.2 Å². The van der Waals surface area contributed by atoms with Crippen molar-refractivity contribution in [3.05, 3.63) is 82.6 Å². The third-order valence-electron chi connectivity index (χ3n) is 5.71. The van der Waals surface area contributed by atoms with Crippen LogP contribution in [0.5, 0.6) is 0 Å². The standard InChI is InChI=1S/C25H28ClN5O2/c1-3-5-11-22-28-24(32)20(16-31(22)21(4-2)17-9-7-6-8-10-17)25-30-29-23(33-25)14-19-13-12-18(26)15-27-19/h6-10,12-13,15,21,32H,3-5,11,14,16H2,1-2H3/t21-/m0/s1. The van der Waals surface area contributed by atoms with E-state index in [1.165, 1.54) is 5.56 Å². The molecular weight excluding hydrogens is 438 g/mol. The van der Waals surface area contributed by atoms with Crippen LogP contribution in [-0.4, -0.2) is 37.6 Å². The van der Waals surface area contributed by atoms with Gasteiger partial charge >= 0.3 is 0 Å². The Morgan fingerprint density at radius 2 is 1.94 bits per heavy atom. The molecule has 0 fully saturated rings. The molecule has 4 rings (SSSR count). The quantitative estimate of drug-likeness (QED) is 0.417. The molecule has 0 spiro atoms. The number of pyridine rings is 1. The molecule has 3 aromatic rings. The summed E-state index contributed by atoms with van der Waals surface area (Å²) < 4.78 is 5.90. The fourth-order valence-electron chi connectivity index (χ4n) is 4.00. The molecule has 8 heteroatoms. The Labute approximate surface area is 198 Å². The molecule has 1 aliphatic heterocycles. The van der Waals surface area contributed by atoms with E-state index >= 15 is 0 Å². The largest absolute Gasteiger partial charge is 0.493 e. The van der Waals surface area contributed by atoms with E-state index in [0.29, 0.717) is 29.5 Å². The number of unbranched alkanes of at least 4 members (excludes halogenated alkanes) is 1. The Hall–Kier alpha value is -3.19. The zero-order valence-electron chi connectivity index (χ0n) is 18.9. The summed E-state index contributed by atoms with van der Waals surface area (Å²) in [6.07, 6.45) is 5.73. The van der Waals surface area contributed by atoms with Gasteiger partial charge in [0, 0.05) is 18.3 Å². The predicted molar refractivity (Wildman–Crippen MR) is 129 cm³/mol. The van der Waals surface area contributed by atoms with Crippen molar-refractivity contribution in [2.24, 2.45) is 4.99 Å². The first-order valence-electron chi connectivity index (χ1n) is 11.3. The molecule has 0 saturated carbocycles. The molecule has 33 heavy (non-hydrogen) atoms. The zero-order chi connectivity index (χ0) is 23.2. The van der Waals surface area contributed by atoms with Crippen LogP contribution in [0.15, 0.2) is 64.0 Å². The highest BCUT2D eigenvalue weighted by Crippen LogP contribution is 2.33. The molecule has 172 valence electrons. The molecule has 0 unspecified atom stereocenters. The van der Waals surface area contributed by atoms with Gasteiger partial charge in [0.2, 0.25) is 11.8 Å². The van der Waals surface area contributed by atoms with E-state index in [0.717, 1.165) is 37.2 Å². The molecule has 1 aromatic carbocycles. The van der Waals surface area contributed by atoms with Gasteiger partial charge in [-0.25, -0.2) is 4.99 Å². The van der Waals surface area contributed by atoms with E-state index in [4.69, 9.17) is 16.0 Å². The van der Waals surface area contributed by atoms with Crippen LogP contribution in [0, 0.1) is 0 Å². The van der Waals surface area contributed by atoms with Crippen molar-refractivity contribution in [1.82, 2.24) is 20.1 Å². The van der Waals surface area contributed by atoms with Gasteiger partial charge in [-0.2, -0.15) is 0 Å². The average Bonchev–Trinajstić information content (AvgIpc) is 3.29. The van der Waals surface area contributed by atoms with E-state index in [2.05, 4.69) is 51.1 Å². The lowest BCUT2D eigenvalue weighted by Gasteiger charge is -2.36. The van der Waals surface area contributed by atoms with Crippen LogP contribution in [-0.2, 0) is 6.42 Å². The van der Waals surface area contributed by atoms with Gasteiger partial charge in [0.05, 0.1) is 29.6 Å². The number of aromatic nitrogens is 3. The Morgan fingerprint density at radius 3 is 2.64 bits per heavy atom. The van der Waals surface area contributed by atoms with E-state index in [1.807, 2.05) is 24.3 Å². The summed E-state index contributed by atoms with van der Waals surface area (Å²) in [5.74, 6) is 1.53. The molecule has 0 aliphatic carbocycles. The van der Waals surface area contributed by atoms with Gasteiger partial charge in [0.1, 0.15) is 5.84 Å². The molecule has 1 aliphatic rings. The molecule has 1 N–H and O–H groups in total. The summed E-state index contributed by atoms with van der Waals surface area (Å²) in [4.78, 5) is 11.1. The minimum Gasteiger partial charge on any atom is -0.493 e. The van der Waals surface area contributed by atoms with Gasteiger partial charge in [0.15, 0.2) is 0 Å². The smallest absolute Gasteiger partial charge is 0.250 e. The Kier molecular flexibility index (Phi) is 7.40. The van der Waals surface area contributed by atoms with Crippen LogP contribution >= 0.6 is 11.6 Å². The topological polar surface area (TPSA) is 87.6 Å². The van der Waals surface area contributed by atoms with Gasteiger partial charge in [-0.05, 0) is 30.5 Å². The summed E-state index contributed by atoms with van der Waals surface area (Å²) >= 11 is 5.91. The lowest BCUT2D eigenvalue weighted by Crippen LogP contribution is -2.38. The third-order valence-corrected chi connectivity index (χ3v) is 5.94. The SMILES string of the molecule is CCCCC1=NC(O)=C(c2nnc(Cc3ccc(Cl)cn3)o2)CN1[C@@H](CC)c1ccccc1. The molecule has 0 saturated heterocycles. The lowest BCUT2D eigenvalue weighted by molar-refractivity contribution is 0.308. The summed E-state index contributed by atoms with van der Waals surface area (Å²) in [5, 5.41) is 19.7. The Morgan fingerprint density at radius 1 is 1.12 bits per heavy atom. The molecular formula is C25H28ClN5O2. The van der Waals surface area contributed by atoms with Crippen molar-refractivity contribution in [1.29, 1.82) is 0 Å². The second-order valence-electron chi connectivity index (χ2n) is 8.04. The number of hydrogen-bond acceptors (Lipinski definition) is 7. The number of halogens is 1. The number of aliphatic hydroxyl groups is 1. The highest BCUT2D eigenvalue weighted by Gasteiger charge is 2.30. The van der Waals surface area contributed by atoms with Crippen molar-refractivity contribution in [2.75, 3.05) is 6.54 Å². The zero-order valence-corrected chi connectivity index (χ0v) is 19.7. The van der Waals surface area contributed by atoms with Crippen LogP contribution in [0.2, 0.25) is 5.02 Å². The number of rotatable bonds is 9. The van der Waals surface area contributed by atoms with E-state index in [9.17, 15) is 5.11 Å². The van der Waals surface area contributed by atoms with Crippen molar-refractivity contribution in [3.8, 4) is 0 Å². The molecule has 1 atom stereocenters. The number of aliphatic imine (C=N–C) groups is 1. The van der Waals surface area contributed by atoms with Gasteiger partial charge in [0.25, 0.3) is 5.89 Å². The molecule has 3 heterocycles. The second-order valence-corrected chi connectivity index (χ2v) is 8.48. The number of benzene rings is 1. The first-order chi connectivity index (χ1) is 16.1. The summed E-state index contributed by atoms with van der Waals surface area (Å²) in [7, 11) is 0. The molecule has 0 bridgehead atoms. The molecule has 0 radical (unpaired) electrons. The van der Waals surface area contributed by atoms with Crippen molar-refractivity contribution in [3.63, 3.8) is 0 Å². The monoisotopic (exact) mass is 465 g/mol. The summed E-state index contributed by atoms with van der Waals surface area (Å²) in [6, 6.07) is 14.1. The fourth-order valence-corrected chi connectivity index (χ4v) is 4.11. The van der Waals surface area contributed by atoms with E-state index in [1.54, 1.807) is 12.3 Å². The van der Waals surface area contributed by atoms with Crippen LogP contribution in [0.25, 0.3) is 5.57 Å². The molecule has 7 nitrogen and oxygen atoms in total. The lowest BCUT2D eigenvalue weighted by atomic mass is 10.00. The number of amidine groups is 1. The Bertz CT molecular complexity index is 1130. The maximum Gasteiger partial charge on any atom is 0.250 e. The predicted octanol–water partition coefficient (Wildman–Crippen LogP) is 5.99. The highest BCUT2D eigenvalue weighted by atomic mass is 35.5. The normalized spacial score (nSPS) is 15.0. The first kappa shape index (κ1) is 23.0. The first-order valence-corrected chi connectivity index (χ1v) is 11.7. The number of aliphatic hydroxyl groups excluding tert-OH is 1. The fraction of sp³-hybridized carbons (Fsp3) is 0.360. The van der Waals surface area contributed by atoms with Crippen LogP contribution < -0.4 is 0 Å². The number of hydrogen-bond donors (Lipinski definition) is 1. The minimum atomic E-state index is -0.0555. The van der Waals surface area contributed by atoms with Gasteiger partial charge in [-0.15, -0.1) is 10.2 Å². The number of nitrogens with zero attached hydrogens (tertiary/aromatic N) is 5. The maximum absolute atomic E-state index is 10.8. The average molecular weight is 466 g/mol. The van der Waals surface area contributed by atoms with E-state index < -0.39 is 0 Å². The van der Waals surface area contributed by atoms with E-state index in [-0.39, 0.29) is 17.8 Å². The Balaban J connectivity index is 1.62. The summed E-state index contributed by atoms with van der Waals surface area (Å²) in [5.41, 5.74) is 2.52. The van der Waals surface area contributed by atoms with Crippen LogP contribution in [0.4, 0.5) is 0 Å². The molecule has 0 amide bonds. The van der Waals surface area contributed by atoms with Crippen LogP contribution in [0.1, 0.15) is 68.6 Å². The third kappa shape index (κ3) is 5.42. The van der Waals surface area contributed by atoms with Crippen molar-refractivity contribution >= 4 is 23.0 Å². The molecule has 2 aromatic heterocycles. The maximum atomic E-state index is 10.8. The second kappa shape index (κ2) is 10.6. The minimum absolute atomic E-state index is 0.0555. The van der Waals surface area contributed by atoms with Gasteiger partial charge < -0.3 is 14.4 Å². The van der Waals surface area contributed by atoms with Crippen LogP contribution in [0.3, 0.4) is 0 Å². The highest BCUT2D eigenvalue weighted by molar-refractivity contribution is 6.30. The summed E-state index contributed by atoms with van der Waals surface area (Å²) in [6.45, 7) is 4.76.